The van der Waals surface area contributed by atoms with E-state index in [-0.39, 0.29) is 0 Å². The molecule has 2 rings (SSSR count). The number of hydrogen-bond acceptors (Lipinski definition) is 3. The third kappa shape index (κ3) is 10.0. The van der Waals surface area contributed by atoms with Crippen molar-refractivity contribution in [3.63, 3.8) is 0 Å². The lowest BCUT2D eigenvalue weighted by atomic mass is 10.1. The highest BCUT2D eigenvalue weighted by atomic mass is 16.5. The van der Waals surface area contributed by atoms with Gasteiger partial charge < -0.3 is 4.74 Å². The van der Waals surface area contributed by atoms with Gasteiger partial charge in [-0.3, -0.25) is 0 Å². The van der Waals surface area contributed by atoms with E-state index in [1.54, 1.807) is 0 Å². The van der Waals surface area contributed by atoms with Crippen molar-refractivity contribution in [1.82, 2.24) is 9.97 Å². The summed E-state index contributed by atoms with van der Waals surface area (Å²) in [4.78, 5) is 9.10. The molecule has 0 bridgehead atoms. The fourth-order valence-corrected chi connectivity index (χ4v) is 3.49. The number of unbranched alkanes of at least 4 members (excludes halogenated alkanes) is 10. The average molecular weight is 409 g/mol. The molecular formula is C27H40N2O. The molecule has 0 aliphatic rings. The van der Waals surface area contributed by atoms with Crippen molar-refractivity contribution in [2.75, 3.05) is 0 Å². The minimum absolute atomic E-state index is 0.773. The summed E-state index contributed by atoms with van der Waals surface area (Å²) in [5, 5.41) is 0. The van der Waals surface area contributed by atoms with Gasteiger partial charge in [0.2, 0.25) is 0 Å². The molecule has 0 saturated heterocycles. The molecule has 0 fully saturated rings. The van der Waals surface area contributed by atoms with Gasteiger partial charge in [0.1, 0.15) is 5.75 Å². The second kappa shape index (κ2) is 15.6. The third-order valence-electron chi connectivity index (χ3n) is 5.41. The van der Waals surface area contributed by atoms with Crippen LogP contribution in [0.1, 0.15) is 96.5 Å². The first-order chi connectivity index (χ1) is 14.8. The molecule has 0 radical (unpaired) electrons. The van der Waals surface area contributed by atoms with Crippen molar-refractivity contribution in [1.29, 1.82) is 0 Å². The van der Waals surface area contributed by atoms with E-state index >= 15 is 0 Å². The summed E-state index contributed by atoms with van der Waals surface area (Å²) in [6.45, 7) is 4.51. The minimum atomic E-state index is 0.773. The lowest BCUT2D eigenvalue weighted by Gasteiger charge is -2.05. The van der Waals surface area contributed by atoms with Crippen molar-refractivity contribution < 1.29 is 4.74 Å². The molecule has 164 valence electrons. The summed E-state index contributed by atoms with van der Waals surface area (Å²) < 4.78 is 5.71. The van der Waals surface area contributed by atoms with Crippen molar-refractivity contribution >= 4 is 0 Å². The molecule has 1 aromatic heterocycles. The molecule has 0 N–H and O–H groups in total. The first-order valence-electron chi connectivity index (χ1n) is 12.1. The Bertz CT molecular complexity index is 692. The van der Waals surface area contributed by atoms with Crippen LogP contribution < -0.4 is 4.74 Å². The van der Waals surface area contributed by atoms with E-state index in [1.807, 2.05) is 42.9 Å². The van der Waals surface area contributed by atoms with Crippen LogP contribution in [0.4, 0.5) is 0 Å². The van der Waals surface area contributed by atoms with E-state index in [0.717, 1.165) is 30.0 Å². The molecule has 0 aliphatic carbocycles. The predicted octanol–water partition coefficient (Wildman–Crippen LogP) is 8.30. The van der Waals surface area contributed by atoms with Gasteiger partial charge in [-0.05, 0) is 61.6 Å². The lowest BCUT2D eigenvalue weighted by Crippen LogP contribution is -1.93. The van der Waals surface area contributed by atoms with Gasteiger partial charge in [0.05, 0.1) is 6.26 Å². The van der Waals surface area contributed by atoms with E-state index in [1.165, 1.54) is 76.2 Å². The van der Waals surface area contributed by atoms with Gasteiger partial charge >= 0.3 is 0 Å². The Hall–Kier alpha value is -2.16. The Morgan fingerprint density at radius 3 is 2.00 bits per heavy atom. The van der Waals surface area contributed by atoms with E-state index in [9.17, 15) is 0 Å². The largest absolute Gasteiger partial charge is 0.465 e. The summed E-state index contributed by atoms with van der Waals surface area (Å²) in [7, 11) is 0. The maximum Gasteiger partial charge on any atom is 0.159 e. The van der Waals surface area contributed by atoms with Crippen LogP contribution in [-0.4, -0.2) is 9.97 Å². The molecule has 0 amide bonds. The zero-order chi connectivity index (χ0) is 21.3. The monoisotopic (exact) mass is 408 g/mol. The number of aromatic nitrogens is 2. The van der Waals surface area contributed by atoms with Gasteiger partial charge in [0, 0.05) is 18.0 Å². The van der Waals surface area contributed by atoms with Gasteiger partial charge in [0.15, 0.2) is 5.82 Å². The molecule has 3 nitrogen and oxygen atoms in total. The van der Waals surface area contributed by atoms with Gasteiger partial charge in [-0.15, -0.1) is 0 Å². The summed E-state index contributed by atoms with van der Waals surface area (Å²) >= 11 is 0. The fourth-order valence-electron chi connectivity index (χ4n) is 3.49. The van der Waals surface area contributed by atoms with Crippen molar-refractivity contribution in [2.24, 2.45) is 0 Å². The highest BCUT2D eigenvalue weighted by Gasteiger charge is 2.02. The summed E-state index contributed by atoms with van der Waals surface area (Å²) in [6, 6.07) is 8.01. The maximum absolute atomic E-state index is 5.71. The first-order valence-corrected chi connectivity index (χ1v) is 12.1. The minimum Gasteiger partial charge on any atom is -0.465 e. The average Bonchev–Trinajstić information content (AvgIpc) is 2.79. The zero-order valence-electron chi connectivity index (χ0n) is 19.1. The van der Waals surface area contributed by atoms with Crippen LogP contribution in [0, 0.1) is 0 Å². The quantitative estimate of drug-likeness (QED) is 0.207. The molecule has 0 spiro atoms. The van der Waals surface area contributed by atoms with Gasteiger partial charge in [-0.25, -0.2) is 9.97 Å². The van der Waals surface area contributed by atoms with Crippen molar-refractivity contribution in [3.05, 3.63) is 54.6 Å². The second-order valence-electron chi connectivity index (χ2n) is 8.15. The smallest absolute Gasteiger partial charge is 0.159 e. The molecule has 30 heavy (non-hydrogen) atoms. The van der Waals surface area contributed by atoms with Crippen LogP contribution in [0.5, 0.6) is 5.75 Å². The molecule has 0 saturated carbocycles. The van der Waals surface area contributed by atoms with Gasteiger partial charge in [-0.2, -0.15) is 0 Å². The molecule has 0 aliphatic heterocycles. The number of allylic oxidation sites excluding steroid dienone is 1. The highest BCUT2D eigenvalue weighted by molar-refractivity contribution is 5.55. The van der Waals surface area contributed by atoms with Crippen molar-refractivity contribution in [2.45, 2.75) is 97.3 Å². The molecule has 3 heteroatoms. The van der Waals surface area contributed by atoms with Crippen LogP contribution in [-0.2, 0) is 6.42 Å². The van der Waals surface area contributed by atoms with Gasteiger partial charge in [0.25, 0.3) is 0 Å². The van der Waals surface area contributed by atoms with E-state index in [4.69, 9.17) is 4.74 Å². The van der Waals surface area contributed by atoms with Crippen LogP contribution in [0.2, 0.25) is 0 Å². The number of benzene rings is 1. The van der Waals surface area contributed by atoms with Gasteiger partial charge in [-0.1, -0.05) is 71.6 Å². The molecule has 0 unspecified atom stereocenters. The molecule has 2 aromatic rings. The molecule has 0 atom stereocenters. The topological polar surface area (TPSA) is 35.0 Å². The number of nitrogens with zero attached hydrogens (tertiary/aromatic N) is 2. The summed E-state index contributed by atoms with van der Waals surface area (Å²) in [6.07, 6.45) is 24.5. The Morgan fingerprint density at radius 1 is 0.733 bits per heavy atom. The molecule has 1 aromatic carbocycles. The Kier molecular flexibility index (Phi) is 12.6. The van der Waals surface area contributed by atoms with E-state index in [0.29, 0.717) is 0 Å². The number of aryl methyl sites for hydroxylation is 1. The number of hydrogen-bond donors (Lipinski definition) is 0. The summed E-state index contributed by atoms with van der Waals surface area (Å²) in [5.41, 5.74) is 2.25. The normalized spacial score (nSPS) is 11.3. The second-order valence-corrected chi connectivity index (χ2v) is 8.15. The fraction of sp³-hybridized carbons (Fsp3) is 0.556. The molecular weight excluding hydrogens is 368 g/mol. The first kappa shape index (κ1) is 24.1. The number of rotatable bonds is 16. The highest BCUT2D eigenvalue weighted by Crippen LogP contribution is 2.20. The van der Waals surface area contributed by atoms with Crippen LogP contribution in [0.15, 0.2) is 49.0 Å². The standard InChI is InChI=1S/C27H40N2O/c1-3-5-7-9-10-11-13-15-21-30-26-19-17-25(18-20-26)27-28-22-24(23-29-27)16-14-12-8-6-4-2/h15,17-23H,3-14,16H2,1-2H3. The van der Waals surface area contributed by atoms with Crippen LogP contribution in [0.25, 0.3) is 11.4 Å². The zero-order valence-corrected chi connectivity index (χ0v) is 19.1. The SMILES string of the molecule is CCCCCCCCC=COc1ccc(-c2ncc(CCCCCCC)cn2)cc1. The van der Waals surface area contributed by atoms with E-state index < -0.39 is 0 Å². The van der Waals surface area contributed by atoms with Crippen LogP contribution in [0.3, 0.4) is 0 Å². The third-order valence-corrected chi connectivity index (χ3v) is 5.41. The number of ether oxygens (including phenoxy) is 1. The molecule has 1 heterocycles. The lowest BCUT2D eigenvalue weighted by molar-refractivity contribution is 0.477. The Balaban J connectivity index is 1.69. The summed E-state index contributed by atoms with van der Waals surface area (Å²) in [5.74, 6) is 1.62. The van der Waals surface area contributed by atoms with Crippen molar-refractivity contribution in [3.8, 4) is 17.1 Å². The Labute approximate surface area is 184 Å². The van der Waals surface area contributed by atoms with Crippen LogP contribution >= 0.6 is 0 Å². The van der Waals surface area contributed by atoms with E-state index in [2.05, 4.69) is 29.9 Å². The maximum atomic E-state index is 5.71. The predicted molar refractivity (Wildman–Crippen MR) is 128 cm³/mol. The Morgan fingerprint density at radius 2 is 1.33 bits per heavy atom.